The highest BCUT2D eigenvalue weighted by Crippen LogP contribution is 2.45. The number of amides is 1. The number of carbonyl (C=O) groups is 2. The number of hydrogen-bond acceptors (Lipinski definition) is 5. The van der Waals surface area contributed by atoms with Gasteiger partial charge in [-0.1, -0.05) is 23.7 Å². The average Bonchev–Trinajstić information content (AvgIpc) is 3.09. The van der Waals surface area contributed by atoms with Crippen molar-refractivity contribution in [3.63, 3.8) is 0 Å². The Morgan fingerprint density at radius 2 is 1.54 bits per heavy atom. The first-order valence-electron chi connectivity index (χ1n) is 10.1. The van der Waals surface area contributed by atoms with Crippen LogP contribution in [0.25, 0.3) is 5.76 Å². The number of Topliss-reactive ketones (excluding diaryl/α,β-unsaturated/α-hetero) is 1. The summed E-state index contributed by atoms with van der Waals surface area (Å²) in [4.78, 5) is 27.0. The molecule has 1 atom stereocenters. The van der Waals surface area contributed by atoms with Crippen molar-refractivity contribution in [2.75, 3.05) is 19.1 Å². The first kappa shape index (κ1) is 24.2. The molecule has 1 heterocycles. The van der Waals surface area contributed by atoms with Crippen LogP contribution >= 0.6 is 11.6 Å². The van der Waals surface area contributed by atoms with Gasteiger partial charge in [0.15, 0.2) is 0 Å². The molecule has 10 heteroatoms. The number of aliphatic hydroxyl groups excluding tert-OH is 1. The lowest BCUT2D eigenvalue weighted by Gasteiger charge is -2.26. The molecule has 1 aliphatic heterocycles. The number of nitrogens with zero attached hydrogens (tertiary/aromatic N) is 1. The van der Waals surface area contributed by atoms with Crippen LogP contribution in [-0.4, -0.2) is 31.0 Å². The fraction of sp³-hybridized carbons (Fsp3) is 0.120. The van der Waals surface area contributed by atoms with Crippen LogP contribution in [-0.2, 0) is 9.59 Å². The number of halogens is 4. The lowest BCUT2D eigenvalue weighted by molar-refractivity contribution is -0.132. The van der Waals surface area contributed by atoms with Gasteiger partial charge in [-0.15, -0.1) is 0 Å². The first-order valence-corrected chi connectivity index (χ1v) is 10.5. The van der Waals surface area contributed by atoms with E-state index in [-0.39, 0.29) is 27.6 Å². The second-order valence-corrected chi connectivity index (χ2v) is 7.91. The van der Waals surface area contributed by atoms with Crippen molar-refractivity contribution in [1.82, 2.24) is 0 Å². The lowest BCUT2D eigenvalue weighted by atomic mass is 9.94. The van der Waals surface area contributed by atoms with E-state index in [0.717, 1.165) is 29.2 Å². The maximum atomic E-state index is 14.7. The molecule has 1 saturated heterocycles. The number of hydrogen-bond donors (Lipinski definition) is 1. The van der Waals surface area contributed by atoms with Crippen LogP contribution in [0.3, 0.4) is 0 Å². The second kappa shape index (κ2) is 9.34. The number of aliphatic hydroxyl groups is 1. The molecule has 3 aromatic carbocycles. The van der Waals surface area contributed by atoms with Crippen LogP contribution in [0.5, 0.6) is 11.5 Å². The van der Waals surface area contributed by atoms with Gasteiger partial charge in [0.25, 0.3) is 11.7 Å². The molecule has 3 aromatic rings. The van der Waals surface area contributed by atoms with Crippen LogP contribution in [0, 0.1) is 17.5 Å². The third-order valence-electron chi connectivity index (χ3n) is 5.53. The molecule has 0 aromatic heterocycles. The Hall–Kier alpha value is -3.98. The molecule has 0 saturated carbocycles. The summed E-state index contributed by atoms with van der Waals surface area (Å²) in [6.07, 6.45) is 0. The summed E-state index contributed by atoms with van der Waals surface area (Å²) in [6, 6.07) is 8.50. The molecule has 1 unspecified atom stereocenters. The summed E-state index contributed by atoms with van der Waals surface area (Å²) in [6.45, 7) is 0. The van der Waals surface area contributed by atoms with E-state index in [0.29, 0.717) is 6.07 Å². The van der Waals surface area contributed by atoms with Gasteiger partial charge in [0.2, 0.25) is 0 Å². The molecular formula is C25H17ClF3NO5. The fourth-order valence-corrected chi connectivity index (χ4v) is 4.15. The number of benzene rings is 3. The number of methoxy groups -OCH3 is 2. The van der Waals surface area contributed by atoms with Crippen LogP contribution in [0.1, 0.15) is 17.2 Å². The summed E-state index contributed by atoms with van der Waals surface area (Å²) in [5.74, 6) is -5.28. The van der Waals surface area contributed by atoms with Gasteiger partial charge in [-0.2, -0.15) is 0 Å². The minimum Gasteiger partial charge on any atom is -0.507 e. The van der Waals surface area contributed by atoms with Gasteiger partial charge in [0.05, 0.1) is 42.1 Å². The van der Waals surface area contributed by atoms with E-state index < -0.39 is 52.2 Å². The van der Waals surface area contributed by atoms with Crippen LogP contribution in [0.4, 0.5) is 18.9 Å². The molecule has 1 N–H and O–H groups in total. The molecular weight excluding hydrogens is 487 g/mol. The molecule has 35 heavy (non-hydrogen) atoms. The van der Waals surface area contributed by atoms with Crippen molar-refractivity contribution in [2.45, 2.75) is 6.04 Å². The normalized spacial score (nSPS) is 17.1. The van der Waals surface area contributed by atoms with Gasteiger partial charge < -0.3 is 14.6 Å². The highest BCUT2D eigenvalue weighted by atomic mass is 35.5. The average molecular weight is 504 g/mol. The summed E-state index contributed by atoms with van der Waals surface area (Å²) < 4.78 is 52.3. The Labute approximate surface area is 202 Å². The predicted molar refractivity (Wildman–Crippen MR) is 122 cm³/mol. The fourth-order valence-electron chi connectivity index (χ4n) is 3.91. The molecule has 180 valence electrons. The van der Waals surface area contributed by atoms with Crippen LogP contribution in [0.2, 0.25) is 5.02 Å². The van der Waals surface area contributed by atoms with E-state index in [1.54, 1.807) is 0 Å². The van der Waals surface area contributed by atoms with Crippen molar-refractivity contribution >= 4 is 34.7 Å². The van der Waals surface area contributed by atoms with Crippen LogP contribution < -0.4 is 14.4 Å². The number of carbonyl (C=O) groups excluding carboxylic acids is 2. The quantitative estimate of drug-likeness (QED) is 0.286. The van der Waals surface area contributed by atoms with Crippen molar-refractivity contribution in [3.8, 4) is 11.5 Å². The van der Waals surface area contributed by atoms with Gasteiger partial charge in [-0.3, -0.25) is 14.5 Å². The predicted octanol–water partition coefficient (Wildman–Crippen LogP) is 5.40. The highest BCUT2D eigenvalue weighted by Gasteiger charge is 2.48. The van der Waals surface area contributed by atoms with Crippen molar-refractivity contribution in [1.29, 1.82) is 0 Å². The van der Waals surface area contributed by atoms with E-state index in [4.69, 9.17) is 21.1 Å². The second-order valence-electron chi connectivity index (χ2n) is 7.50. The van der Waals surface area contributed by atoms with E-state index in [1.807, 2.05) is 0 Å². The molecule has 1 aliphatic rings. The zero-order valence-electron chi connectivity index (χ0n) is 18.3. The minimum absolute atomic E-state index is 0.0389. The zero-order chi connectivity index (χ0) is 25.4. The Balaban J connectivity index is 2.00. The summed E-state index contributed by atoms with van der Waals surface area (Å²) in [7, 11) is 2.68. The van der Waals surface area contributed by atoms with E-state index in [9.17, 15) is 27.9 Å². The Kier molecular flexibility index (Phi) is 6.45. The highest BCUT2D eigenvalue weighted by molar-refractivity contribution is 6.51. The zero-order valence-corrected chi connectivity index (χ0v) is 19.1. The van der Waals surface area contributed by atoms with E-state index in [2.05, 4.69) is 0 Å². The summed E-state index contributed by atoms with van der Waals surface area (Å²) in [5.41, 5.74) is -0.677. The number of anilines is 1. The summed E-state index contributed by atoms with van der Waals surface area (Å²) in [5, 5.41) is 11.3. The monoisotopic (exact) mass is 503 g/mol. The smallest absolute Gasteiger partial charge is 0.300 e. The Morgan fingerprint density at radius 1 is 0.914 bits per heavy atom. The van der Waals surface area contributed by atoms with Crippen molar-refractivity contribution < 1.29 is 37.3 Å². The van der Waals surface area contributed by atoms with Crippen LogP contribution in [0.15, 0.2) is 60.2 Å². The van der Waals surface area contributed by atoms with Gasteiger partial charge in [0, 0.05) is 12.1 Å². The molecule has 0 bridgehead atoms. The molecule has 1 fully saturated rings. The molecule has 4 rings (SSSR count). The number of ketones is 1. The number of ether oxygens (including phenoxy) is 2. The minimum atomic E-state index is -1.37. The maximum absolute atomic E-state index is 14.7. The lowest BCUT2D eigenvalue weighted by Crippen LogP contribution is -2.30. The van der Waals surface area contributed by atoms with E-state index >= 15 is 0 Å². The molecule has 0 radical (unpaired) electrons. The standard InChI is InChI=1S/C25H17ClF3NO5/c1-34-19-11-20(35-2)16(26)10-15(19)23(31)21-22(12-3-5-13(27)6-4-12)30(25(33)24(21)32)18-8-7-14(28)9-17(18)29/h3-11,22,31H,1-2H3/b23-21+. The largest absolute Gasteiger partial charge is 0.507 e. The third kappa shape index (κ3) is 4.19. The van der Waals surface area contributed by atoms with Gasteiger partial charge in [0.1, 0.15) is 34.7 Å². The Morgan fingerprint density at radius 3 is 2.14 bits per heavy atom. The topological polar surface area (TPSA) is 76.1 Å². The SMILES string of the molecule is COc1cc(OC)c(/C(O)=C2\C(=O)C(=O)N(c3ccc(F)cc3F)C2c2ccc(F)cc2)cc1Cl. The van der Waals surface area contributed by atoms with Gasteiger partial charge >= 0.3 is 0 Å². The van der Waals surface area contributed by atoms with Crippen molar-refractivity contribution in [3.05, 3.63) is 93.8 Å². The van der Waals surface area contributed by atoms with Gasteiger partial charge in [-0.05, 0) is 35.9 Å². The third-order valence-corrected chi connectivity index (χ3v) is 5.82. The number of rotatable bonds is 5. The molecule has 0 spiro atoms. The molecule has 0 aliphatic carbocycles. The molecule has 1 amide bonds. The maximum Gasteiger partial charge on any atom is 0.300 e. The Bertz CT molecular complexity index is 1370. The summed E-state index contributed by atoms with van der Waals surface area (Å²) >= 11 is 6.20. The van der Waals surface area contributed by atoms with Crippen molar-refractivity contribution in [2.24, 2.45) is 0 Å². The molecule has 6 nitrogen and oxygen atoms in total. The first-order chi connectivity index (χ1) is 16.7. The van der Waals surface area contributed by atoms with E-state index in [1.165, 1.54) is 38.5 Å². The van der Waals surface area contributed by atoms with Gasteiger partial charge in [-0.25, -0.2) is 13.2 Å².